The Hall–Kier alpha value is -0.0900. The van der Waals surface area contributed by atoms with Gasteiger partial charge in [-0.25, -0.2) is 0 Å². The molecule has 0 fully saturated rings. The molecule has 0 radical (unpaired) electrons. The molecule has 0 aromatic carbocycles. The van der Waals surface area contributed by atoms with Crippen LogP contribution >= 0.6 is 12.6 Å². The highest BCUT2D eigenvalue weighted by molar-refractivity contribution is 7.80. The Morgan fingerprint density at radius 2 is 2.44 bits per heavy atom. The third kappa shape index (κ3) is 4.42. The second kappa shape index (κ2) is 6.04. The van der Waals surface area contributed by atoms with Crippen molar-refractivity contribution in [2.75, 3.05) is 19.3 Å². The number of hydrogen-bond donors (Lipinski definition) is 2. The molecule has 0 aliphatic carbocycles. The van der Waals surface area contributed by atoms with E-state index >= 15 is 0 Å². The van der Waals surface area contributed by atoms with Gasteiger partial charge in [0, 0.05) is 6.54 Å². The minimum absolute atomic E-state index is 0.104. The summed E-state index contributed by atoms with van der Waals surface area (Å²) in [5.41, 5.74) is 0. The van der Waals surface area contributed by atoms with Crippen LogP contribution in [-0.2, 0) is 0 Å². The van der Waals surface area contributed by atoms with Gasteiger partial charge in [-0.3, -0.25) is 0 Å². The first-order valence-electron chi connectivity index (χ1n) is 2.93. The minimum atomic E-state index is -0.104. The molecule has 0 bridgehead atoms. The van der Waals surface area contributed by atoms with Crippen LogP contribution in [0.4, 0.5) is 0 Å². The highest BCUT2D eigenvalue weighted by Crippen LogP contribution is 1.96. The van der Waals surface area contributed by atoms with Crippen molar-refractivity contribution in [2.24, 2.45) is 5.18 Å². The van der Waals surface area contributed by atoms with E-state index in [1.807, 2.05) is 0 Å². The lowest BCUT2D eigenvalue weighted by Crippen LogP contribution is -2.21. The zero-order valence-electron chi connectivity index (χ0n) is 5.50. The van der Waals surface area contributed by atoms with Crippen LogP contribution < -0.4 is 5.32 Å². The summed E-state index contributed by atoms with van der Waals surface area (Å²) >= 11 is 3.98. The summed E-state index contributed by atoms with van der Waals surface area (Å²) in [4.78, 5) is 9.96. The molecule has 0 aromatic heterocycles. The van der Waals surface area contributed by atoms with E-state index in [1.54, 1.807) is 7.05 Å². The number of rotatable bonds is 5. The van der Waals surface area contributed by atoms with Crippen LogP contribution in [0.3, 0.4) is 0 Å². The number of thiol groups is 1. The predicted molar refractivity (Wildman–Crippen MR) is 42.0 cm³/mol. The van der Waals surface area contributed by atoms with Gasteiger partial charge in [-0.2, -0.15) is 17.5 Å². The van der Waals surface area contributed by atoms with E-state index in [1.165, 1.54) is 0 Å². The maximum atomic E-state index is 9.96. The van der Waals surface area contributed by atoms with Crippen molar-refractivity contribution in [3.05, 3.63) is 4.91 Å². The first-order chi connectivity index (χ1) is 4.35. The number of nitroso groups, excluding NO2 is 1. The van der Waals surface area contributed by atoms with Crippen LogP contribution in [0.15, 0.2) is 5.18 Å². The smallest absolute Gasteiger partial charge is 0.105 e. The standard InChI is InChI=1S/C5H12N2OS/c1-6-4-5(7-8)2-3-9/h5-6,9H,2-4H2,1H3. The molecule has 54 valence electrons. The van der Waals surface area contributed by atoms with Crippen LogP contribution in [0, 0.1) is 4.91 Å². The van der Waals surface area contributed by atoms with Crippen LogP contribution in [0.1, 0.15) is 6.42 Å². The van der Waals surface area contributed by atoms with E-state index in [4.69, 9.17) is 0 Å². The molecule has 0 rings (SSSR count). The summed E-state index contributed by atoms with van der Waals surface area (Å²) in [7, 11) is 1.80. The van der Waals surface area contributed by atoms with Crippen molar-refractivity contribution in [1.82, 2.24) is 5.32 Å². The molecule has 0 aliphatic rings. The van der Waals surface area contributed by atoms with Crippen molar-refractivity contribution < 1.29 is 0 Å². The summed E-state index contributed by atoms with van der Waals surface area (Å²) in [6.45, 7) is 0.657. The Bertz CT molecular complexity index is 73.4. The number of nitrogens with one attached hydrogen (secondary N) is 1. The molecule has 0 spiro atoms. The van der Waals surface area contributed by atoms with E-state index in [-0.39, 0.29) is 6.04 Å². The van der Waals surface area contributed by atoms with Crippen molar-refractivity contribution in [3.63, 3.8) is 0 Å². The Morgan fingerprint density at radius 1 is 1.78 bits per heavy atom. The van der Waals surface area contributed by atoms with Crippen molar-refractivity contribution in [2.45, 2.75) is 12.5 Å². The summed E-state index contributed by atoms with van der Waals surface area (Å²) in [6, 6.07) is -0.104. The second-order valence-corrected chi connectivity index (χ2v) is 2.28. The number of hydrogen-bond acceptors (Lipinski definition) is 4. The van der Waals surface area contributed by atoms with E-state index < -0.39 is 0 Å². The number of likely N-dealkylation sites (N-methyl/N-ethyl adjacent to an activating group) is 1. The first kappa shape index (κ1) is 8.91. The van der Waals surface area contributed by atoms with Gasteiger partial charge in [0.1, 0.15) is 6.04 Å². The van der Waals surface area contributed by atoms with Gasteiger partial charge in [-0.1, -0.05) is 5.18 Å². The quantitative estimate of drug-likeness (QED) is 0.444. The molecule has 1 N–H and O–H groups in total. The van der Waals surface area contributed by atoms with Crippen LogP contribution in [0.25, 0.3) is 0 Å². The molecule has 3 nitrogen and oxygen atoms in total. The van der Waals surface area contributed by atoms with Crippen LogP contribution in [0.2, 0.25) is 0 Å². The first-order valence-corrected chi connectivity index (χ1v) is 3.56. The molecular formula is C5H12N2OS. The summed E-state index contributed by atoms with van der Waals surface area (Å²) in [5, 5.41) is 5.78. The normalized spacial score (nSPS) is 13.1. The Morgan fingerprint density at radius 3 is 2.78 bits per heavy atom. The lowest BCUT2D eigenvalue weighted by atomic mass is 10.2. The van der Waals surface area contributed by atoms with Gasteiger partial charge < -0.3 is 5.32 Å². The number of nitrogens with zero attached hydrogens (tertiary/aromatic N) is 1. The maximum Gasteiger partial charge on any atom is 0.105 e. The molecule has 0 saturated heterocycles. The van der Waals surface area contributed by atoms with Crippen LogP contribution in [0.5, 0.6) is 0 Å². The molecule has 1 atom stereocenters. The predicted octanol–water partition coefficient (Wildman–Crippen LogP) is 0.661. The molecule has 0 amide bonds. The zero-order chi connectivity index (χ0) is 7.11. The maximum absolute atomic E-state index is 9.96. The van der Waals surface area contributed by atoms with Gasteiger partial charge in [-0.15, -0.1) is 0 Å². The summed E-state index contributed by atoms with van der Waals surface area (Å²) in [6.07, 6.45) is 0.757. The average molecular weight is 148 g/mol. The van der Waals surface area contributed by atoms with Crippen molar-refractivity contribution in [3.8, 4) is 0 Å². The lowest BCUT2D eigenvalue weighted by molar-refractivity contribution is 0.605. The fourth-order valence-electron chi connectivity index (χ4n) is 0.577. The molecule has 0 saturated carbocycles. The topological polar surface area (TPSA) is 41.5 Å². The molecule has 9 heavy (non-hydrogen) atoms. The van der Waals surface area contributed by atoms with E-state index in [0.717, 1.165) is 12.2 Å². The lowest BCUT2D eigenvalue weighted by Gasteiger charge is -2.03. The third-order valence-electron chi connectivity index (χ3n) is 1.05. The van der Waals surface area contributed by atoms with Gasteiger partial charge in [0.25, 0.3) is 0 Å². The summed E-state index contributed by atoms with van der Waals surface area (Å²) in [5.74, 6) is 0.720. The highest BCUT2D eigenvalue weighted by Gasteiger charge is 2.03. The van der Waals surface area contributed by atoms with E-state index in [2.05, 4.69) is 23.1 Å². The summed E-state index contributed by atoms with van der Waals surface area (Å²) < 4.78 is 0. The molecule has 0 aromatic rings. The average Bonchev–Trinajstić information content (AvgIpc) is 1.88. The largest absolute Gasteiger partial charge is 0.317 e. The zero-order valence-corrected chi connectivity index (χ0v) is 6.40. The van der Waals surface area contributed by atoms with Crippen molar-refractivity contribution in [1.29, 1.82) is 0 Å². The fraction of sp³-hybridized carbons (Fsp3) is 1.00. The Kier molecular flexibility index (Phi) is 5.98. The van der Waals surface area contributed by atoms with Gasteiger partial charge in [0.2, 0.25) is 0 Å². The fourth-order valence-corrected chi connectivity index (χ4v) is 0.875. The van der Waals surface area contributed by atoms with Gasteiger partial charge in [-0.05, 0) is 19.2 Å². The third-order valence-corrected chi connectivity index (χ3v) is 1.31. The van der Waals surface area contributed by atoms with Gasteiger partial charge in [0.15, 0.2) is 0 Å². The highest BCUT2D eigenvalue weighted by atomic mass is 32.1. The molecule has 0 heterocycles. The minimum Gasteiger partial charge on any atom is -0.317 e. The molecule has 0 aliphatic heterocycles. The van der Waals surface area contributed by atoms with Gasteiger partial charge >= 0.3 is 0 Å². The van der Waals surface area contributed by atoms with Crippen molar-refractivity contribution >= 4 is 12.6 Å². The Balaban J connectivity index is 3.29. The van der Waals surface area contributed by atoms with Crippen LogP contribution in [-0.4, -0.2) is 25.4 Å². The second-order valence-electron chi connectivity index (χ2n) is 1.83. The SMILES string of the molecule is CNCC(CCS)N=O. The van der Waals surface area contributed by atoms with E-state index in [0.29, 0.717) is 6.54 Å². The van der Waals surface area contributed by atoms with Gasteiger partial charge in [0.05, 0.1) is 0 Å². The molecule has 1 unspecified atom stereocenters. The molecular weight excluding hydrogens is 136 g/mol. The Labute approximate surface area is 60.6 Å². The molecule has 4 heteroatoms. The van der Waals surface area contributed by atoms with E-state index in [9.17, 15) is 4.91 Å². The monoisotopic (exact) mass is 148 g/mol.